The number of piperidine rings is 1. The van der Waals surface area contributed by atoms with Gasteiger partial charge in [0.15, 0.2) is 0 Å². The van der Waals surface area contributed by atoms with Crippen molar-refractivity contribution >= 4 is 23.5 Å². The second-order valence-electron chi connectivity index (χ2n) is 11.6. The van der Waals surface area contributed by atoms with Gasteiger partial charge in [-0.25, -0.2) is 0 Å². The van der Waals surface area contributed by atoms with E-state index in [1.165, 1.54) is 0 Å². The third-order valence-electron chi connectivity index (χ3n) is 7.67. The van der Waals surface area contributed by atoms with Gasteiger partial charge in [-0.15, -0.1) is 0 Å². The van der Waals surface area contributed by atoms with Crippen molar-refractivity contribution in [1.82, 2.24) is 9.80 Å². The molecule has 3 fully saturated rings. The second-order valence-corrected chi connectivity index (χ2v) is 11.6. The van der Waals surface area contributed by atoms with Crippen molar-refractivity contribution in [3.63, 3.8) is 0 Å². The van der Waals surface area contributed by atoms with Crippen LogP contribution in [0.25, 0.3) is 0 Å². The van der Waals surface area contributed by atoms with Crippen molar-refractivity contribution in [3.05, 3.63) is 29.8 Å². The van der Waals surface area contributed by atoms with E-state index in [9.17, 15) is 14.4 Å². The number of hydrogen-bond acceptors (Lipinski definition) is 5. The quantitative estimate of drug-likeness (QED) is 0.639. The van der Waals surface area contributed by atoms with Crippen LogP contribution in [0.5, 0.6) is 0 Å². The average molecular weight is 470 g/mol. The monoisotopic (exact) mass is 469 g/mol. The Hall–Kier alpha value is -2.41. The van der Waals surface area contributed by atoms with Crippen LogP contribution in [-0.2, 0) is 14.3 Å². The van der Waals surface area contributed by atoms with Crippen molar-refractivity contribution in [2.24, 2.45) is 16.7 Å². The van der Waals surface area contributed by atoms with E-state index in [-0.39, 0.29) is 34.5 Å². The van der Waals surface area contributed by atoms with E-state index in [2.05, 4.69) is 35.9 Å². The van der Waals surface area contributed by atoms with E-state index in [0.717, 1.165) is 38.6 Å². The van der Waals surface area contributed by atoms with Gasteiger partial charge in [-0.3, -0.25) is 19.3 Å². The van der Waals surface area contributed by atoms with E-state index in [4.69, 9.17) is 4.74 Å². The highest BCUT2D eigenvalue weighted by atomic mass is 16.5. The number of rotatable bonds is 6. The molecule has 1 saturated carbocycles. The SMILES string of the molecule is CCOC(=O)C1CCN(CC(=O)Nc2ccc(C(=O)N3CC4(C)CC3CC(C)(C)C4)cc2)CC1. The lowest BCUT2D eigenvalue weighted by Crippen LogP contribution is -2.41. The number of ether oxygens (including phenoxy) is 1. The Kier molecular flexibility index (Phi) is 7.04. The van der Waals surface area contributed by atoms with Crippen molar-refractivity contribution in [2.75, 3.05) is 38.1 Å². The Morgan fingerprint density at radius 2 is 1.74 bits per heavy atom. The van der Waals surface area contributed by atoms with Crippen molar-refractivity contribution in [2.45, 2.75) is 65.8 Å². The van der Waals surface area contributed by atoms with Gasteiger partial charge < -0.3 is 15.0 Å². The molecule has 0 radical (unpaired) electrons. The molecule has 34 heavy (non-hydrogen) atoms. The minimum absolute atomic E-state index is 0.0619. The normalized spacial score (nSPS) is 26.8. The maximum atomic E-state index is 13.3. The van der Waals surface area contributed by atoms with Gasteiger partial charge in [0.05, 0.1) is 19.1 Å². The Labute approximate surface area is 203 Å². The molecule has 0 spiro atoms. The number of hydrogen-bond donors (Lipinski definition) is 1. The molecule has 1 aliphatic carbocycles. The van der Waals surface area contributed by atoms with Crippen LogP contribution < -0.4 is 5.32 Å². The summed E-state index contributed by atoms with van der Waals surface area (Å²) in [6.45, 7) is 11.7. The first-order chi connectivity index (χ1) is 16.1. The number of esters is 1. The van der Waals surface area contributed by atoms with Crippen LogP contribution in [0.4, 0.5) is 5.69 Å². The molecule has 1 N–H and O–H groups in total. The molecule has 2 saturated heterocycles. The summed E-state index contributed by atoms with van der Waals surface area (Å²) in [5.41, 5.74) is 1.85. The van der Waals surface area contributed by atoms with Crippen LogP contribution in [0.15, 0.2) is 24.3 Å². The highest BCUT2D eigenvalue weighted by Crippen LogP contribution is 2.52. The van der Waals surface area contributed by atoms with E-state index in [1.807, 2.05) is 31.2 Å². The Morgan fingerprint density at radius 3 is 2.38 bits per heavy atom. The zero-order valence-corrected chi connectivity index (χ0v) is 21.1. The molecule has 7 nitrogen and oxygen atoms in total. The topological polar surface area (TPSA) is 79.0 Å². The molecular weight excluding hydrogens is 430 g/mol. The van der Waals surface area contributed by atoms with Gasteiger partial charge in [0.25, 0.3) is 5.91 Å². The molecule has 2 heterocycles. The molecule has 7 heteroatoms. The van der Waals surface area contributed by atoms with Crippen LogP contribution in [-0.4, -0.2) is 66.4 Å². The van der Waals surface area contributed by atoms with Crippen LogP contribution in [0.2, 0.25) is 0 Å². The smallest absolute Gasteiger partial charge is 0.309 e. The number of amides is 2. The summed E-state index contributed by atoms with van der Waals surface area (Å²) in [6, 6.07) is 7.57. The first kappa shape index (κ1) is 24.7. The predicted octanol–water partition coefficient (Wildman–Crippen LogP) is 3.94. The molecule has 2 amide bonds. The van der Waals surface area contributed by atoms with E-state index < -0.39 is 0 Å². The average Bonchev–Trinajstić information content (AvgIpc) is 3.03. The zero-order chi connectivity index (χ0) is 24.5. The number of likely N-dealkylation sites (tertiary alicyclic amines) is 2. The lowest BCUT2D eigenvalue weighted by atomic mass is 9.65. The highest BCUT2D eigenvalue weighted by Gasteiger charge is 2.51. The van der Waals surface area contributed by atoms with Crippen molar-refractivity contribution in [3.8, 4) is 0 Å². The van der Waals surface area contributed by atoms with Crippen LogP contribution in [0.3, 0.4) is 0 Å². The first-order valence-electron chi connectivity index (χ1n) is 12.7. The fourth-order valence-corrected chi connectivity index (χ4v) is 6.55. The molecule has 4 rings (SSSR count). The summed E-state index contributed by atoms with van der Waals surface area (Å²) in [6.07, 6.45) is 4.74. The Balaban J connectivity index is 1.28. The maximum Gasteiger partial charge on any atom is 0.309 e. The highest BCUT2D eigenvalue weighted by molar-refractivity contribution is 5.96. The summed E-state index contributed by atoms with van der Waals surface area (Å²) in [4.78, 5) is 41.8. The van der Waals surface area contributed by atoms with Gasteiger partial charge in [0, 0.05) is 23.8 Å². The number of anilines is 1. The van der Waals surface area contributed by atoms with Gasteiger partial charge in [-0.2, -0.15) is 0 Å². The molecule has 1 aromatic rings. The zero-order valence-electron chi connectivity index (χ0n) is 21.1. The summed E-state index contributed by atoms with van der Waals surface area (Å²) in [5.74, 6) is -0.185. The molecule has 3 aliphatic rings. The number of fused-ring (bicyclic) bond motifs is 2. The lowest BCUT2D eigenvalue weighted by Gasteiger charge is -2.39. The fourth-order valence-electron chi connectivity index (χ4n) is 6.55. The van der Waals surface area contributed by atoms with Crippen molar-refractivity contribution < 1.29 is 19.1 Å². The van der Waals surface area contributed by atoms with Gasteiger partial charge in [-0.1, -0.05) is 20.8 Å². The molecular formula is C27H39N3O4. The third kappa shape index (κ3) is 5.62. The largest absolute Gasteiger partial charge is 0.466 e. The summed E-state index contributed by atoms with van der Waals surface area (Å²) in [7, 11) is 0. The molecule has 2 unspecified atom stereocenters. The van der Waals surface area contributed by atoms with E-state index in [1.54, 1.807) is 0 Å². The maximum absolute atomic E-state index is 13.3. The molecule has 2 aliphatic heterocycles. The van der Waals surface area contributed by atoms with Gasteiger partial charge in [-0.05, 0) is 87.2 Å². The van der Waals surface area contributed by atoms with E-state index >= 15 is 0 Å². The number of carbonyl (C=O) groups excluding carboxylic acids is 3. The molecule has 0 aromatic heterocycles. The Bertz CT molecular complexity index is 920. The summed E-state index contributed by atoms with van der Waals surface area (Å²) < 4.78 is 5.11. The molecule has 186 valence electrons. The fraction of sp³-hybridized carbons (Fsp3) is 0.667. The third-order valence-corrected chi connectivity index (χ3v) is 7.67. The molecule has 2 atom stereocenters. The molecule has 2 bridgehead atoms. The second kappa shape index (κ2) is 9.68. The minimum Gasteiger partial charge on any atom is -0.466 e. The number of nitrogens with one attached hydrogen (secondary N) is 1. The summed E-state index contributed by atoms with van der Waals surface area (Å²) in [5, 5.41) is 2.94. The lowest BCUT2D eigenvalue weighted by molar-refractivity contribution is -0.149. The van der Waals surface area contributed by atoms with E-state index in [0.29, 0.717) is 43.5 Å². The van der Waals surface area contributed by atoms with Crippen LogP contribution >= 0.6 is 0 Å². The molecule has 1 aromatic carbocycles. The predicted molar refractivity (Wildman–Crippen MR) is 131 cm³/mol. The number of carbonyl (C=O) groups is 3. The number of benzene rings is 1. The van der Waals surface area contributed by atoms with Gasteiger partial charge >= 0.3 is 5.97 Å². The number of nitrogens with zero attached hydrogens (tertiary/aromatic N) is 2. The van der Waals surface area contributed by atoms with Crippen molar-refractivity contribution in [1.29, 1.82) is 0 Å². The Morgan fingerprint density at radius 1 is 1.06 bits per heavy atom. The first-order valence-corrected chi connectivity index (χ1v) is 12.7. The van der Waals surface area contributed by atoms with Gasteiger partial charge in [0.2, 0.25) is 5.91 Å². The van der Waals surface area contributed by atoms with Crippen LogP contribution in [0.1, 0.15) is 70.2 Å². The van der Waals surface area contributed by atoms with Gasteiger partial charge in [0.1, 0.15) is 0 Å². The minimum atomic E-state index is -0.128. The van der Waals surface area contributed by atoms with Crippen LogP contribution in [0, 0.1) is 16.7 Å². The summed E-state index contributed by atoms with van der Waals surface area (Å²) >= 11 is 0. The standard InChI is InChI=1S/C27H39N3O4/c1-5-34-25(33)20-10-12-29(13-11-20)16-23(31)28-21-8-6-19(7-9-21)24(32)30-18-27(4)15-22(30)14-26(2,3)17-27/h6-9,20,22H,5,10-18H2,1-4H3,(H,28,31).